The van der Waals surface area contributed by atoms with E-state index in [4.69, 9.17) is 25.8 Å². The first-order chi connectivity index (χ1) is 14.6. The highest BCUT2D eigenvalue weighted by Gasteiger charge is 2.29. The molecule has 2 aromatic carbocycles. The lowest BCUT2D eigenvalue weighted by atomic mass is 9.94. The minimum absolute atomic E-state index is 0.0882. The topological polar surface area (TPSA) is 68.2 Å². The third-order valence-electron chi connectivity index (χ3n) is 5.57. The maximum absolute atomic E-state index is 10.1. The highest BCUT2D eigenvalue weighted by molar-refractivity contribution is 6.31. The van der Waals surface area contributed by atoms with Gasteiger partial charge in [-0.05, 0) is 54.2 Å². The number of ether oxygens (including phenoxy) is 3. The molecule has 2 aromatic rings. The SMILES string of the molecule is OC[C@@H]1C[C@H](O)C[C@H](c2ccc(Cl)c(Cc3ccc(OCCOC4CC4)cc3)c2)O1. The third-order valence-corrected chi connectivity index (χ3v) is 5.94. The van der Waals surface area contributed by atoms with Crippen LogP contribution in [0.25, 0.3) is 0 Å². The van der Waals surface area contributed by atoms with Crippen molar-refractivity contribution >= 4 is 11.6 Å². The summed E-state index contributed by atoms with van der Waals surface area (Å²) in [7, 11) is 0. The first kappa shape index (κ1) is 21.6. The van der Waals surface area contributed by atoms with Crippen LogP contribution in [-0.2, 0) is 15.9 Å². The normalized spacial score (nSPS) is 24.0. The Morgan fingerprint density at radius 2 is 1.83 bits per heavy atom. The van der Waals surface area contributed by atoms with Crippen molar-refractivity contribution in [1.82, 2.24) is 0 Å². The van der Waals surface area contributed by atoms with Crippen LogP contribution in [0.15, 0.2) is 42.5 Å². The quantitative estimate of drug-likeness (QED) is 0.585. The lowest BCUT2D eigenvalue weighted by molar-refractivity contribution is -0.113. The Bertz CT molecular complexity index is 821. The Labute approximate surface area is 182 Å². The molecule has 0 spiro atoms. The van der Waals surface area contributed by atoms with Gasteiger partial charge < -0.3 is 24.4 Å². The molecule has 6 heteroatoms. The van der Waals surface area contributed by atoms with Crippen LogP contribution in [0, 0.1) is 0 Å². The molecule has 4 rings (SSSR count). The van der Waals surface area contributed by atoms with E-state index >= 15 is 0 Å². The molecule has 0 bridgehead atoms. The van der Waals surface area contributed by atoms with Gasteiger partial charge in [0.25, 0.3) is 0 Å². The van der Waals surface area contributed by atoms with Gasteiger partial charge in [0.1, 0.15) is 12.4 Å². The van der Waals surface area contributed by atoms with Crippen molar-refractivity contribution in [2.75, 3.05) is 19.8 Å². The Balaban J connectivity index is 1.37. The zero-order chi connectivity index (χ0) is 20.9. The van der Waals surface area contributed by atoms with E-state index in [0.717, 1.165) is 22.4 Å². The summed E-state index contributed by atoms with van der Waals surface area (Å²) in [4.78, 5) is 0. The molecule has 1 heterocycles. The van der Waals surface area contributed by atoms with Crippen LogP contribution in [-0.4, -0.2) is 48.3 Å². The highest BCUT2D eigenvalue weighted by Crippen LogP contribution is 2.34. The minimum Gasteiger partial charge on any atom is -0.491 e. The Morgan fingerprint density at radius 1 is 1.03 bits per heavy atom. The van der Waals surface area contributed by atoms with Crippen molar-refractivity contribution < 1.29 is 24.4 Å². The van der Waals surface area contributed by atoms with Crippen molar-refractivity contribution in [2.45, 2.75) is 56.5 Å². The van der Waals surface area contributed by atoms with Gasteiger partial charge in [0, 0.05) is 17.9 Å². The second kappa shape index (κ2) is 10.1. The van der Waals surface area contributed by atoms with E-state index in [2.05, 4.69) is 0 Å². The Morgan fingerprint density at radius 3 is 2.57 bits per heavy atom. The fourth-order valence-electron chi connectivity index (χ4n) is 3.79. The lowest BCUT2D eigenvalue weighted by Crippen LogP contribution is -2.33. The predicted octanol–water partition coefficient (Wildman–Crippen LogP) is 4.06. The maximum atomic E-state index is 10.1. The second-order valence-electron chi connectivity index (χ2n) is 8.14. The number of benzene rings is 2. The summed E-state index contributed by atoms with van der Waals surface area (Å²) in [6.07, 6.45) is 3.44. The largest absolute Gasteiger partial charge is 0.491 e. The molecule has 0 unspecified atom stereocenters. The first-order valence-electron chi connectivity index (χ1n) is 10.7. The Hall–Kier alpha value is -1.63. The number of hydrogen-bond donors (Lipinski definition) is 2. The summed E-state index contributed by atoms with van der Waals surface area (Å²) in [6.45, 7) is 1.10. The highest BCUT2D eigenvalue weighted by atomic mass is 35.5. The van der Waals surface area contributed by atoms with E-state index in [1.807, 2.05) is 42.5 Å². The van der Waals surface area contributed by atoms with Crippen molar-refractivity contribution in [3.05, 3.63) is 64.2 Å². The number of halogens is 1. The van der Waals surface area contributed by atoms with E-state index in [-0.39, 0.29) is 18.8 Å². The molecule has 2 fully saturated rings. The molecular formula is C24H29ClO5. The van der Waals surface area contributed by atoms with E-state index in [9.17, 15) is 10.2 Å². The molecule has 2 aliphatic rings. The van der Waals surface area contributed by atoms with Gasteiger partial charge in [-0.3, -0.25) is 0 Å². The van der Waals surface area contributed by atoms with E-state index in [1.165, 1.54) is 12.8 Å². The van der Waals surface area contributed by atoms with E-state index < -0.39 is 6.10 Å². The monoisotopic (exact) mass is 432 g/mol. The molecule has 3 atom stereocenters. The molecule has 1 saturated heterocycles. The molecule has 1 aliphatic heterocycles. The third kappa shape index (κ3) is 5.96. The summed E-state index contributed by atoms with van der Waals surface area (Å²) in [6, 6.07) is 13.9. The lowest BCUT2D eigenvalue weighted by Gasteiger charge is -2.32. The number of aliphatic hydroxyl groups excluding tert-OH is 2. The standard InChI is InChI=1S/C24H29ClO5/c25-23-8-3-17(24-14-19(27)13-22(15-26)30-24)12-18(23)11-16-1-4-20(5-2-16)28-9-10-29-21-6-7-21/h1-5,8,12,19,21-22,24,26-27H,6-7,9-11,13-15H2/t19-,22-,24+/m0/s1. The molecule has 0 aromatic heterocycles. The molecule has 1 aliphatic carbocycles. The molecule has 1 saturated carbocycles. The smallest absolute Gasteiger partial charge is 0.119 e. The molecule has 0 radical (unpaired) electrons. The maximum Gasteiger partial charge on any atom is 0.119 e. The van der Waals surface area contributed by atoms with Crippen molar-refractivity contribution in [3.8, 4) is 5.75 Å². The van der Waals surface area contributed by atoms with Crippen LogP contribution in [0.5, 0.6) is 5.75 Å². The average molecular weight is 433 g/mol. The van der Waals surface area contributed by atoms with Crippen LogP contribution in [0.3, 0.4) is 0 Å². The molecule has 0 amide bonds. The van der Waals surface area contributed by atoms with Gasteiger partial charge >= 0.3 is 0 Å². The van der Waals surface area contributed by atoms with Crippen LogP contribution in [0.4, 0.5) is 0 Å². The Kier molecular flexibility index (Phi) is 7.28. The van der Waals surface area contributed by atoms with Gasteiger partial charge in [0.05, 0.1) is 37.6 Å². The average Bonchev–Trinajstić information content (AvgIpc) is 3.58. The van der Waals surface area contributed by atoms with Crippen LogP contribution in [0.1, 0.15) is 48.5 Å². The van der Waals surface area contributed by atoms with Crippen molar-refractivity contribution in [3.63, 3.8) is 0 Å². The van der Waals surface area contributed by atoms with Gasteiger partial charge in [-0.2, -0.15) is 0 Å². The van der Waals surface area contributed by atoms with Crippen molar-refractivity contribution in [2.24, 2.45) is 0 Å². The van der Waals surface area contributed by atoms with Gasteiger partial charge in [0.15, 0.2) is 0 Å². The van der Waals surface area contributed by atoms with E-state index in [0.29, 0.717) is 43.6 Å². The summed E-state index contributed by atoms with van der Waals surface area (Å²) in [5.41, 5.74) is 3.11. The summed E-state index contributed by atoms with van der Waals surface area (Å²) >= 11 is 6.45. The molecule has 30 heavy (non-hydrogen) atoms. The van der Waals surface area contributed by atoms with Crippen molar-refractivity contribution in [1.29, 1.82) is 0 Å². The molecule has 162 valence electrons. The van der Waals surface area contributed by atoms with E-state index in [1.54, 1.807) is 0 Å². The zero-order valence-electron chi connectivity index (χ0n) is 17.0. The van der Waals surface area contributed by atoms with Gasteiger partial charge in [-0.1, -0.05) is 35.9 Å². The first-order valence-corrected chi connectivity index (χ1v) is 11.0. The predicted molar refractivity (Wildman–Crippen MR) is 115 cm³/mol. The minimum atomic E-state index is -0.470. The van der Waals surface area contributed by atoms with Gasteiger partial charge in [-0.15, -0.1) is 0 Å². The number of hydrogen-bond acceptors (Lipinski definition) is 5. The zero-order valence-corrected chi connectivity index (χ0v) is 17.8. The van der Waals surface area contributed by atoms with Gasteiger partial charge in [-0.25, -0.2) is 0 Å². The fourth-order valence-corrected chi connectivity index (χ4v) is 3.97. The second-order valence-corrected chi connectivity index (χ2v) is 8.55. The summed E-state index contributed by atoms with van der Waals surface area (Å²) in [5.74, 6) is 0.831. The molecule has 2 N–H and O–H groups in total. The van der Waals surface area contributed by atoms with Crippen LogP contribution < -0.4 is 4.74 Å². The van der Waals surface area contributed by atoms with Gasteiger partial charge in [0.2, 0.25) is 0 Å². The summed E-state index contributed by atoms with van der Waals surface area (Å²) < 4.78 is 17.3. The summed E-state index contributed by atoms with van der Waals surface area (Å²) in [5, 5.41) is 20.2. The van der Waals surface area contributed by atoms with Crippen LogP contribution >= 0.6 is 11.6 Å². The number of rotatable bonds is 9. The number of aliphatic hydroxyl groups is 2. The fraction of sp³-hybridized carbons (Fsp3) is 0.500. The molecule has 5 nitrogen and oxygen atoms in total. The molecular weight excluding hydrogens is 404 g/mol. The van der Waals surface area contributed by atoms with Crippen LogP contribution in [0.2, 0.25) is 5.02 Å².